The number of hydrogen-bond donors (Lipinski definition) is 1. The van der Waals surface area contributed by atoms with Gasteiger partial charge < -0.3 is 5.32 Å². The third-order valence-corrected chi connectivity index (χ3v) is 2.06. The summed E-state index contributed by atoms with van der Waals surface area (Å²) in [4.78, 5) is 11.6. The SMILES string of the molecule is C=CCc1ccccc1NC(=O)C=C(C)C. The molecular formula is C14H17NO. The largest absolute Gasteiger partial charge is 0.322 e. The molecule has 0 aromatic heterocycles. The molecule has 2 nitrogen and oxygen atoms in total. The maximum Gasteiger partial charge on any atom is 0.248 e. The van der Waals surface area contributed by atoms with Crippen LogP contribution in [0.3, 0.4) is 0 Å². The summed E-state index contributed by atoms with van der Waals surface area (Å²) in [7, 11) is 0. The van der Waals surface area contributed by atoms with Crippen LogP contribution in [0.1, 0.15) is 19.4 Å². The average Bonchev–Trinajstić information content (AvgIpc) is 2.20. The summed E-state index contributed by atoms with van der Waals surface area (Å²) in [6.07, 6.45) is 4.17. The molecular weight excluding hydrogens is 198 g/mol. The van der Waals surface area contributed by atoms with Gasteiger partial charge in [-0.3, -0.25) is 4.79 Å². The summed E-state index contributed by atoms with van der Waals surface area (Å²) < 4.78 is 0. The maximum absolute atomic E-state index is 11.6. The predicted molar refractivity (Wildman–Crippen MR) is 68.4 cm³/mol. The summed E-state index contributed by atoms with van der Waals surface area (Å²) in [6.45, 7) is 7.50. The molecule has 1 amide bonds. The highest BCUT2D eigenvalue weighted by molar-refractivity contribution is 6.00. The van der Waals surface area contributed by atoms with Crippen molar-refractivity contribution < 1.29 is 4.79 Å². The lowest BCUT2D eigenvalue weighted by Crippen LogP contribution is -2.10. The van der Waals surface area contributed by atoms with E-state index >= 15 is 0 Å². The van der Waals surface area contributed by atoms with E-state index in [1.807, 2.05) is 44.2 Å². The first-order chi connectivity index (χ1) is 7.63. The summed E-state index contributed by atoms with van der Waals surface area (Å²) >= 11 is 0. The van der Waals surface area contributed by atoms with Crippen molar-refractivity contribution in [2.24, 2.45) is 0 Å². The molecule has 2 heteroatoms. The van der Waals surface area contributed by atoms with Crippen LogP contribution in [0.25, 0.3) is 0 Å². The van der Waals surface area contributed by atoms with Crippen molar-refractivity contribution >= 4 is 11.6 Å². The van der Waals surface area contributed by atoms with Crippen LogP contribution in [0.2, 0.25) is 0 Å². The van der Waals surface area contributed by atoms with Gasteiger partial charge in [0.2, 0.25) is 5.91 Å². The summed E-state index contributed by atoms with van der Waals surface area (Å²) in [5.41, 5.74) is 2.91. The summed E-state index contributed by atoms with van der Waals surface area (Å²) in [5.74, 6) is -0.0866. The van der Waals surface area contributed by atoms with Gasteiger partial charge in [-0.15, -0.1) is 6.58 Å². The second-order valence-corrected chi connectivity index (χ2v) is 3.86. The Balaban J connectivity index is 2.84. The van der Waals surface area contributed by atoms with E-state index in [1.165, 1.54) is 0 Å². The van der Waals surface area contributed by atoms with E-state index in [9.17, 15) is 4.79 Å². The zero-order chi connectivity index (χ0) is 12.0. The van der Waals surface area contributed by atoms with Gasteiger partial charge >= 0.3 is 0 Å². The van der Waals surface area contributed by atoms with Crippen molar-refractivity contribution in [3.05, 3.63) is 54.1 Å². The van der Waals surface area contributed by atoms with E-state index in [1.54, 1.807) is 6.08 Å². The lowest BCUT2D eigenvalue weighted by Gasteiger charge is -2.07. The van der Waals surface area contributed by atoms with Crippen molar-refractivity contribution in [1.82, 2.24) is 0 Å². The van der Waals surface area contributed by atoms with Gasteiger partial charge in [0.25, 0.3) is 0 Å². The number of allylic oxidation sites excluding steroid dienone is 2. The van der Waals surface area contributed by atoms with Gasteiger partial charge in [-0.25, -0.2) is 0 Å². The molecule has 1 N–H and O–H groups in total. The Labute approximate surface area is 96.7 Å². The number of carbonyl (C=O) groups excluding carboxylic acids is 1. The van der Waals surface area contributed by atoms with Crippen LogP contribution in [0, 0.1) is 0 Å². The fourth-order valence-corrected chi connectivity index (χ4v) is 1.41. The van der Waals surface area contributed by atoms with Crippen LogP contribution in [0.4, 0.5) is 5.69 Å². The van der Waals surface area contributed by atoms with Gasteiger partial charge in [-0.2, -0.15) is 0 Å². The maximum atomic E-state index is 11.6. The standard InChI is InChI=1S/C14H17NO/c1-4-7-12-8-5-6-9-13(12)15-14(16)10-11(2)3/h4-6,8-10H,1,7H2,2-3H3,(H,15,16). The van der Waals surface area contributed by atoms with E-state index in [0.29, 0.717) is 0 Å². The summed E-state index contributed by atoms with van der Waals surface area (Å²) in [6, 6.07) is 7.75. The van der Waals surface area contributed by atoms with Crippen LogP contribution in [0.5, 0.6) is 0 Å². The number of benzene rings is 1. The Morgan fingerprint density at radius 1 is 1.38 bits per heavy atom. The lowest BCUT2D eigenvalue weighted by molar-refractivity contribution is -0.111. The Morgan fingerprint density at radius 2 is 2.06 bits per heavy atom. The lowest BCUT2D eigenvalue weighted by atomic mass is 10.1. The van der Waals surface area contributed by atoms with E-state index < -0.39 is 0 Å². The van der Waals surface area contributed by atoms with Crippen molar-refractivity contribution in [2.75, 3.05) is 5.32 Å². The minimum Gasteiger partial charge on any atom is -0.322 e. The number of para-hydroxylation sites is 1. The molecule has 84 valence electrons. The van der Waals surface area contributed by atoms with Crippen LogP contribution in [-0.4, -0.2) is 5.91 Å². The fourth-order valence-electron chi connectivity index (χ4n) is 1.41. The Bertz CT molecular complexity index is 414. The molecule has 16 heavy (non-hydrogen) atoms. The minimum absolute atomic E-state index is 0.0866. The number of carbonyl (C=O) groups is 1. The highest BCUT2D eigenvalue weighted by Gasteiger charge is 2.02. The third kappa shape index (κ3) is 3.73. The monoisotopic (exact) mass is 215 g/mol. The smallest absolute Gasteiger partial charge is 0.248 e. The van der Waals surface area contributed by atoms with Crippen molar-refractivity contribution in [3.8, 4) is 0 Å². The second kappa shape index (κ2) is 5.91. The molecule has 1 aromatic carbocycles. The molecule has 0 aliphatic heterocycles. The number of rotatable bonds is 4. The van der Waals surface area contributed by atoms with E-state index in [2.05, 4.69) is 11.9 Å². The third-order valence-electron chi connectivity index (χ3n) is 2.06. The van der Waals surface area contributed by atoms with Gasteiger partial charge in [0.15, 0.2) is 0 Å². The van der Waals surface area contributed by atoms with Gasteiger partial charge in [0.05, 0.1) is 0 Å². The molecule has 0 saturated heterocycles. The Kier molecular flexibility index (Phi) is 4.52. The zero-order valence-corrected chi connectivity index (χ0v) is 9.79. The number of anilines is 1. The molecule has 0 aliphatic carbocycles. The Morgan fingerprint density at radius 3 is 2.69 bits per heavy atom. The van der Waals surface area contributed by atoms with Gasteiger partial charge in [0.1, 0.15) is 0 Å². The van der Waals surface area contributed by atoms with E-state index in [4.69, 9.17) is 0 Å². The number of amides is 1. The van der Waals surface area contributed by atoms with Crippen molar-refractivity contribution in [2.45, 2.75) is 20.3 Å². The summed E-state index contributed by atoms with van der Waals surface area (Å²) in [5, 5.41) is 2.86. The average molecular weight is 215 g/mol. The predicted octanol–water partition coefficient (Wildman–Crippen LogP) is 3.32. The molecule has 0 unspecified atom stereocenters. The molecule has 0 bridgehead atoms. The van der Waals surface area contributed by atoms with Crippen LogP contribution < -0.4 is 5.32 Å². The molecule has 1 aromatic rings. The fraction of sp³-hybridized carbons (Fsp3) is 0.214. The highest BCUT2D eigenvalue weighted by atomic mass is 16.1. The zero-order valence-electron chi connectivity index (χ0n) is 9.79. The first kappa shape index (κ1) is 12.2. The van der Waals surface area contributed by atoms with Crippen LogP contribution in [-0.2, 0) is 11.2 Å². The topological polar surface area (TPSA) is 29.1 Å². The molecule has 0 atom stereocenters. The van der Waals surface area contributed by atoms with Crippen molar-refractivity contribution in [3.63, 3.8) is 0 Å². The molecule has 0 fully saturated rings. The van der Waals surface area contributed by atoms with Crippen LogP contribution in [0.15, 0.2) is 48.6 Å². The van der Waals surface area contributed by atoms with Crippen molar-refractivity contribution in [1.29, 1.82) is 0 Å². The molecule has 1 rings (SSSR count). The first-order valence-corrected chi connectivity index (χ1v) is 5.28. The van der Waals surface area contributed by atoms with Gasteiger partial charge in [0, 0.05) is 11.8 Å². The normalized spacial score (nSPS) is 9.38. The molecule has 0 heterocycles. The van der Waals surface area contributed by atoms with Gasteiger partial charge in [-0.05, 0) is 31.9 Å². The quantitative estimate of drug-likeness (QED) is 0.606. The van der Waals surface area contributed by atoms with E-state index in [-0.39, 0.29) is 5.91 Å². The highest BCUT2D eigenvalue weighted by Crippen LogP contribution is 2.15. The number of nitrogens with one attached hydrogen (secondary N) is 1. The molecule has 0 radical (unpaired) electrons. The molecule has 0 spiro atoms. The minimum atomic E-state index is -0.0866. The van der Waals surface area contributed by atoms with Crippen LogP contribution >= 0.6 is 0 Å². The first-order valence-electron chi connectivity index (χ1n) is 5.28. The molecule has 0 aliphatic rings. The second-order valence-electron chi connectivity index (χ2n) is 3.86. The van der Waals surface area contributed by atoms with E-state index in [0.717, 1.165) is 23.2 Å². The number of hydrogen-bond acceptors (Lipinski definition) is 1. The van der Waals surface area contributed by atoms with Gasteiger partial charge in [-0.1, -0.05) is 29.8 Å². The Hall–Kier alpha value is -1.83. The molecule has 0 saturated carbocycles.